The lowest BCUT2D eigenvalue weighted by molar-refractivity contribution is -0.384. The van der Waals surface area contributed by atoms with Gasteiger partial charge < -0.3 is 4.90 Å². The molecule has 0 radical (unpaired) electrons. The van der Waals surface area contributed by atoms with Crippen molar-refractivity contribution in [1.29, 1.82) is 0 Å². The van der Waals surface area contributed by atoms with Crippen molar-refractivity contribution in [1.82, 2.24) is 14.1 Å². The van der Waals surface area contributed by atoms with Crippen LogP contribution in [0.1, 0.15) is 5.56 Å². The van der Waals surface area contributed by atoms with Gasteiger partial charge in [-0.25, -0.2) is 8.42 Å². The van der Waals surface area contributed by atoms with E-state index in [2.05, 4.69) is 5.10 Å². The van der Waals surface area contributed by atoms with Crippen LogP contribution in [0.25, 0.3) is 27.7 Å². The molecule has 1 saturated heterocycles. The minimum absolute atomic E-state index is 0.0304. The number of hydrogen-bond donors (Lipinski definition) is 0. The van der Waals surface area contributed by atoms with Crippen LogP contribution in [0, 0.1) is 17.0 Å². The molecule has 0 unspecified atom stereocenters. The lowest BCUT2D eigenvalue weighted by Crippen LogP contribution is -2.48. The fraction of sp³-hybridized carbons (Fsp3) is 0.161. The van der Waals surface area contributed by atoms with Gasteiger partial charge in [-0.15, -0.1) is 0 Å². The van der Waals surface area contributed by atoms with Crippen molar-refractivity contribution >= 4 is 43.8 Å². The Morgan fingerprint density at radius 2 is 1.51 bits per heavy atom. The molecule has 4 aromatic carbocycles. The fourth-order valence-corrected chi connectivity index (χ4v) is 6.80. The Morgan fingerprint density at radius 1 is 0.860 bits per heavy atom. The van der Waals surface area contributed by atoms with Crippen LogP contribution in [0.15, 0.2) is 101 Å². The predicted octanol–water partition coefficient (Wildman–Crippen LogP) is 5.43. The lowest BCUT2D eigenvalue weighted by Gasteiger charge is -2.35. The van der Waals surface area contributed by atoms with E-state index < -0.39 is 20.5 Å². The minimum atomic E-state index is -3.71. The quantitative estimate of drug-likeness (QED) is 0.184. The largest absolute Gasteiger partial charge is 0.369 e. The molecule has 0 atom stereocenters. The molecule has 10 nitrogen and oxygen atoms in total. The van der Waals surface area contributed by atoms with Crippen molar-refractivity contribution in [2.45, 2.75) is 11.8 Å². The zero-order valence-corrected chi connectivity index (χ0v) is 24.6. The number of anilines is 1. The first-order valence-electron chi connectivity index (χ1n) is 13.5. The number of nitrogens with zero attached hydrogens (tertiary/aromatic N) is 5. The van der Waals surface area contributed by atoms with E-state index in [0.717, 1.165) is 15.8 Å². The van der Waals surface area contributed by atoms with E-state index in [0.29, 0.717) is 40.3 Å². The van der Waals surface area contributed by atoms with Gasteiger partial charge in [0.1, 0.15) is 5.69 Å². The van der Waals surface area contributed by atoms with E-state index in [9.17, 15) is 23.3 Å². The van der Waals surface area contributed by atoms with Gasteiger partial charge >= 0.3 is 0 Å². The van der Waals surface area contributed by atoms with Gasteiger partial charge in [0.2, 0.25) is 10.0 Å². The number of benzene rings is 4. The number of fused-ring (bicyclic) bond motifs is 1. The van der Waals surface area contributed by atoms with Crippen molar-refractivity contribution in [3.8, 4) is 16.9 Å². The molecule has 5 aromatic rings. The molecule has 0 spiro atoms. The summed E-state index contributed by atoms with van der Waals surface area (Å²) in [6.07, 6.45) is 0. The van der Waals surface area contributed by atoms with Crippen molar-refractivity contribution in [2.75, 3.05) is 31.1 Å². The number of rotatable bonds is 6. The van der Waals surface area contributed by atoms with Crippen LogP contribution >= 0.6 is 11.6 Å². The third-order valence-corrected chi connectivity index (χ3v) is 9.73. The molecule has 1 fully saturated rings. The molecule has 0 saturated carbocycles. The molecule has 1 aromatic heterocycles. The van der Waals surface area contributed by atoms with Crippen molar-refractivity contribution < 1.29 is 13.3 Å². The summed E-state index contributed by atoms with van der Waals surface area (Å²) >= 11 is 5.92. The highest BCUT2D eigenvalue weighted by Gasteiger charge is 2.30. The van der Waals surface area contributed by atoms with E-state index in [-0.39, 0.29) is 29.4 Å². The number of sulfonamides is 1. The van der Waals surface area contributed by atoms with Crippen molar-refractivity contribution in [3.63, 3.8) is 0 Å². The van der Waals surface area contributed by atoms with Crippen LogP contribution in [0.2, 0.25) is 5.02 Å². The zero-order chi connectivity index (χ0) is 30.3. The third kappa shape index (κ3) is 5.38. The molecule has 218 valence electrons. The monoisotopic (exact) mass is 615 g/mol. The SMILES string of the molecule is Cc1ccc(-c2nn(-c3cc(N4CCN(S(=O)(=O)c5ccc(Cl)cc5)CC4)ccc3[N+](=O)[O-])c(=O)c3ccccc23)cc1. The first kappa shape index (κ1) is 28.5. The molecular formula is C31H26ClN5O5S. The van der Waals surface area contributed by atoms with Gasteiger partial charge in [-0.1, -0.05) is 59.6 Å². The molecule has 1 aliphatic rings. The maximum Gasteiger partial charge on any atom is 0.295 e. The van der Waals surface area contributed by atoms with E-state index in [1.165, 1.54) is 34.6 Å². The van der Waals surface area contributed by atoms with Crippen molar-refractivity contribution in [2.24, 2.45) is 0 Å². The van der Waals surface area contributed by atoms with Crippen LogP contribution in [0.3, 0.4) is 0 Å². The molecule has 43 heavy (non-hydrogen) atoms. The Balaban J connectivity index is 1.39. The molecule has 0 N–H and O–H groups in total. The Bertz CT molecular complexity index is 2020. The number of hydrogen-bond acceptors (Lipinski definition) is 7. The molecule has 1 aliphatic heterocycles. The summed E-state index contributed by atoms with van der Waals surface area (Å²) in [6, 6.07) is 25.3. The first-order valence-corrected chi connectivity index (χ1v) is 15.3. The second-order valence-electron chi connectivity index (χ2n) is 10.3. The van der Waals surface area contributed by atoms with Gasteiger partial charge in [-0.05, 0) is 49.4 Å². The summed E-state index contributed by atoms with van der Waals surface area (Å²) in [5.41, 5.74) is 2.25. The van der Waals surface area contributed by atoms with Crippen LogP contribution in [0.4, 0.5) is 11.4 Å². The molecule has 0 bridgehead atoms. The van der Waals surface area contributed by atoms with Crippen molar-refractivity contribution in [3.05, 3.63) is 122 Å². The van der Waals surface area contributed by atoms with Gasteiger partial charge in [-0.2, -0.15) is 14.1 Å². The van der Waals surface area contributed by atoms with E-state index in [1.807, 2.05) is 48.2 Å². The predicted molar refractivity (Wildman–Crippen MR) is 167 cm³/mol. The van der Waals surface area contributed by atoms with Crippen LogP contribution in [0.5, 0.6) is 0 Å². The first-order chi connectivity index (χ1) is 20.6. The van der Waals surface area contributed by atoms with Crippen LogP contribution in [-0.4, -0.2) is 53.6 Å². The highest BCUT2D eigenvalue weighted by molar-refractivity contribution is 7.89. The summed E-state index contributed by atoms with van der Waals surface area (Å²) in [5.74, 6) is 0. The van der Waals surface area contributed by atoms with Crippen LogP contribution < -0.4 is 10.5 Å². The topological polar surface area (TPSA) is 119 Å². The summed E-state index contributed by atoms with van der Waals surface area (Å²) in [4.78, 5) is 27.4. The van der Waals surface area contributed by atoms with Gasteiger partial charge in [0, 0.05) is 53.9 Å². The molecule has 6 rings (SSSR count). The number of nitro groups is 1. The number of nitro benzene ring substituents is 1. The van der Waals surface area contributed by atoms with E-state index >= 15 is 0 Å². The number of aryl methyl sites for hydroxylation is 1. The van der Waals surface area contributed by atoms with E-state index in [4.69, 9.17) is 11.6 Å². The number of aromatic nitrogens is 2. The second-order valence-corrected chi connectivity index (χ2v) is 12.6. The normalized spacial score (nSPS) is 14.2. The smallest absolute Gasteiger partial charge is 0.295 e. The number of halogens is 1. The summed E-state index contributed by atoms with van der Waals surface area (Å²) in [7, 11) is -3.71. The van der Waals surface area contributed by atoms with E-state index in [1.54, 1.807) is 24.3 Å². The molecule has 2 heterocycles. The summed E-state index contributed by atoms with van der Waals surface area (Å²) in [6.45, 7) is 3.08. The molecule has 12 heteroatoms. The average Bonchev–Trinajstić information content (AvgIpc) is 3.02. The Hall–Kier alpha value is -4.58. The highest BCUT2D eigenvalue weighted by Crippen LogP contribution is 2.31. The minimum Gasteiger partial charge on any atom is -0.369 e. The Kier molecular flexibility index (Phi) is 7.47. The average molecular weight is 616 g/mol. The van der Waals surface area contributed by atoms with Gasteiger partial charge in [0.05, 0.1) is 20.9 Å². The standard InChI is InChI=1S/C31H26ClN5O5S/c1-21-6-8-22(9-7-21)30-26-4-2-3-5-27(26)31(38)36(33-30)29-20-24(12-15-28(29)37(39)40)34-16-18-35(19-17-34)43(41,42)25-13-10-23(32)11-14-25/h2-15,20H,16-19H2,1H3. The highest BCUT2D eigenvalue weighted by atomic mass is 35.5. The maximum atomic E-state index is 13.7. The van der Waals surface area contributed by atoms with Gasteiger partial charge in [0.15, 0.2) is 0 Å². The van der Waals surface area contributed by atoms with Crippen LogP contribution in [-0.2, 0) is 10.0 Å². The Labute approximate surface area is 252 Å². The molecule has 0 aliphatic carbocycles. The maximum absolute atomic E-state index is 13.7. The molecular weight excluding hydrogens is 590 g/mol. The van der Waals surface area contributed by atoms with Gasteiger partial charge in [0.25, 0.3) is 11.2 Å². The molecule has 0 amide bonds. The fourth-order valence-electron chi connectivity index (χ4n) is 5.25. The second kappa shape index (κ2) is 11.3. The Morgan fingerprint density at radius 3 is 2.16 bits per heavy atom. The lowest BCUT2D eigenvalue weighted by atomic mass is 10.0. The number of piperazine rings is 1. The zero-order valence-electron chi connectivity index (χ0n) is 23.1. The van der Waals surface area contributed by atoms with Gasteiger partial charge in [-0.3, -0.25) is 14.9 Å². The summed E-state index contributed by atoms with van der Waals surface area (Å²) in [5, 5.41) is 18.3. The third-order valence-electron chi connectivity index (χ3n) is 7.57. The summed E-state index contributed by atoms with van der Waals surface area (Å²) < 4.78 is 28.8.